The number of esters is 1. The molecule has 8 heteroatoms. The number of urea groups is 1. The molecular weight excluding hydrogens is 374 g/mol. The Hall–Kier alpha value is -2.64. The van der Waals surface area contributed by atoms with Crippen molar-refractivity contribution >= 4 is 17.7 Å². The number of rotatable bonds is 5. The van der Waals surface area contributed by atoms with Crippen LogP contribution in [0.1, 0.15) is 52.7 Å². The standard InChI is InChI=1S/C21H31N3O5/c1-14-9-8-10-15(16(14)24(27)28)13-22-11-12-23(19(22)26)17(20(2,3)4)18(25)29-21(5,6)7/h8-10,17H,11-13H2,1-7H3/t17-/m1/s1. The van der Waals surface area contributed by atoms with E-state index in [0.717, 1.165) is 0 Å². The number of carbonyl (C=O) groups is 2. The summed E-state index contributed by atoms with van der Waals surface area (Å²) in [6.07, 6.45) is 0. The molecule has 0 aromatic heterocycles. The largest absolute Gasteiger partial charge is 0.458 e. The van der Waals surface area contributed by atoms with Crippen LogP contribution in [0.5, 0.6) is 0 Å². The van der Waals surface area contributed by atoms with Crippen molar-refractivity contribution in [2.45, 2.75) is 66.7 Å². The topological polar surface area (TPSA) is 93.0 Å². The van der Waals surface area contributed by atoms with Crippen molar-refractivity contribution in [3.05, 3.63) is 39.4 Å². The molecule has 1 aromatic carbocycles. The van der Waals surface area contributed by atoms with E-state index in [2.05, 4.69) is 0 Å². The van der Waals surface area contributed by atoms with Gasteiger partial charge in [0.2, 0.25) is 0 Å². The Bertz CT molecular complexity index is 808. The Kier molecular flexibility index (Phi) is 6.25. The van der Waals surface area contributed by atoms with E-state index >= 15 is 0 Å². The maximum atomic E-state index is 13.1. The molecule has 0 unspecified atom stereocenters. The van der Waals surface area contributed by atoms with Crippen LogP contribution < -0.4 is 0 Å². The van der Waals surface area contributed by atoms with Crippen molar-refractivity contribution in [1.29, 1.82) is 0 Å². The van der Waals surface area contributed by atoms with Gasteiger partial charge in [-0.05, 0) is 33.1 Å². The Morgan fingerprint density at radius 1 is 1.21 bits per heavy atom. The molecule has 29 heavy (non-hydrogen) atoms. The number of para-hydroxylation sites is 1. The lowest BCUT2D eigenvalue weighted by molar-refractivity contribution is -0.386. The summed E-state index contributed by atoms with van der Waals surface area (Å²) in [7, 11) is 0. The van der Waals surface area contributed by atoms with Crippen molar-refractivity contribution in [1.82, 2.24) is 9.80 Å². The molecule has 160 valence electrons. The summed E-state index contributed by atoms with van der Waals surface area (Å²) in [5.41, 5.74) is -0.125. The number of benzene rings is 1. The number of ether oxygens (including phenoxy) is 1. The second-order valence-corrected chi connectivity index (χ2v) is 9.54. The lowest BCUT2D eigenvalue weighted by Gasteiger charge is -2.37. The molecule has 1 aliphatic rings. The van der Waals surface area contributed by atoms with E-state index in [4.69, 9.17) is 4.74 Å². The molecule has 0 spiro atoms. The van der Waals surface area contributed by atoms with Gasteiger partial charge in [-0.3, -0.25) is 10.1 Å². The van der Waals surface area contributed by atoms with Crippen LogP contribution in [0.3, 0.4) is 0 Å². The number of hydrogen-bond donors (Lipinski definition) is 0. The second kappa shape index (κ2) is 8.00. The molecule has 1 saturated heterocycles. The zero-order chi connectivity index (χ0) is 22.1. The summed E-state index contributed by atoms with van der Waals surface area (Å²) >= 11 is 0. The Morgan fingerprint density at radius 3 is 2.34 bits per heavy atom. The van der Waals surface area contributed by atoms with E-state index in [1.807, 2.05) is 20.8 Å². The lowest BCUT2D eigenvalue weighted by atomic mass is 9.85. The number of nitro groups is 1. The summed E-state index contributed by atoms with van der Waals surface area (Å²) in [5, 5.41) is 11.5. The van der Waals surface area contributed by atoms with E-state index in [0.29, 0.717) is 24.2 Å². The van der Waals surface area contributed by atoms with Crippen molar-refractivity contribution in [3.63, 3.8) is 0 Å². The Balaban J connectivity index is 2.27. The summed E-state index contributed by atoms with van der Waals surface area (Å²) in [5.74, 6) is -0.443. The average Bonchev–Trinajstić information content (AvgIpc) is 2.85. The first-order valence-electron chi connectivity index (χ1n) is 9.73. The van der Waals surface area contributed by atoms with Gasteiger partial charge in [-0.2, -0.15) is 0 Å². The van der Waals surface area contributed by atoms with Crippen molar-refractivity contribution in [3.8, 4) is 0 Å². The first-order valence-corrected chi connectivity index (χ1v) is 9.73. The molecule has 0 aliphatic carbocycles. The summed E-state index contributed by atoms with van der Waals surface area (Å²) in [6.45, 7) is 13.6. The smallest absolute Gasteiger partial charge is 0.329 e. The molecule has 0 saturated carbocycles. The molecule has 1 aliphatic heterocycles. The minimum absolute atomic E-state index is 0.0262. The Labute approximate surface area is 172 Å². The van der Waals surface area contributed by atoms with E-state index in [1.54, 1.807) is 50.8 Å². The predicted octanol–water partition coefficient (Wildman–Crippen LogP) is 3.90. The van der Waals surface area contributed by atoms with Gasteiger partial charge in [-0.25, -0.2) is 9.59 Å². The zero-order valence-electron chi connectivity index (χ0n) is 18.3. The highest BCUT2D eigenvalue weighted by Gasteiger charge is 2.45. The van der Waals surface area contributed by atoms with Crippen LogP contribution in [0.4, 0.5) is 10.5 Å². The number of amides is 2. The zero-order valence-corrected chi connectivity index (χ0v) is 18.3. The van der Waals surface area contributed by atoms with Gasteiger partial charge in [0, 0.05) is 24.2 Å². The fourth-order valence-corrected chi connectivity index (χ4v) is 3.61. The van der Waals surface area contributed by atoms with Gasteiger partial charge in [0.1, 0.15) is 11.6 Å². The first kappa shape index (κ1) is 22.6. The molecule has 2 rings (SSSR count). The first-order chi connectivity index (χ1) is 13.2. The van der Waals surface area contributed by atoms with Gasteiger partial charge in [0.15, 0.2) is 0 Å². The van der Waals surface area contributed by atoms with E-state index in [1.165, 1.54) is 4.90 Å². The maximum Gasteiger partial charge on any atom is 0.329 e. The molecule has 1 fully saturated rings. The third-order valence-electron chi connectivity index (χ3n) is 4.75. The average molecular weight is 405 g/mol. The summed E-state index contributed by atoms with van der Waals surface area (Å²) in [4.78, 5) is 40.1. The van der Waals surface area contributed by atoms with Gasteiger partial charge in [0.05, 0.1) is 11.5 Å². The molecule has 2 amide bonds. The van der Waals surface area contributed by atoms with Crippen molar-refractivity contribution in [2.24, 2.45) is 5.41 Å². The Morgan fingerprint density at radius 2 is 1.83 bits per heavy atom. The number of hydrogen-bond acceptors (Lipinski definition) is 5. The van der Waals surface area contributed by atoms with Crippen LogP contribution in [0, 0.1) is 22.5 Å². The minimum atomic E-state index is -0.744. The second-order valence-electron chi connectivity index (χ2n) is 9.54. The van der Waals surface area contributed by atoms with E-state index in [9.17, 15) is 19.7 Å². The van der Waals surface area contributed by atoms with Crippen LogP contribution >= 0.6 is 0 Å². The predicted molar refractivity (Wildman–Crippen MR) is 109 cm³/mol. The van der Waals surface area contributed by atoms with Crippen LogP contribution in [0.25, 0.3) is 0 Å². The molecule has 0 radical (unpaired) electrons. The summed E-state index contributed by atoms with van der Waals surface area (Å²) < 4.78 is 5.57. The van der Waals surface area contributed by atoms with Gasteiger partial charge in [0.25, 0.3) is 5.69 Å². The van der Waals surface area contributed by atoms with Crippen molar-refractivity contribution < 1.29 is 19.2 Å². The van der Waals surface area contributed by atoms with Crippen molar-refractivity contribution in [2.75, 3.05) is 13.1 Å². The molecule has 0 bridgehead atoms. The highest BCUT2D eigenvalue weighted by atomic mass is 16.6. The number of aryl methyl sites for hydroxylation is 1. The highest BCUT2D eigenvalue weighted by Crippen LogP contribution is 2.31. The van der Waals surface area contributed by atoms with Crippen LogP contribution in [-0.4, -0.2) is 51.5 Å². The monoisotopic (exact) mass is 405 g/mol. The third kappa shape index (κ3) is 5.25. The SMILES string of the molecule is Cc1cccc(CN2CCN([C@H](C(=O)OC(C)(C)C)C(C)(C)C)C2=O)c1[N+](=O)[O-]. The fraction of sp³-hybridized carbons (Fsp3) is 0.619. The molecule has 8 nitrogen and oxygen atoms in total. The third-order valence-corrected chi connectivity index (χ3v) is 4.75. The van der Waals surface area contributed by atoms with Gasteiger partial charge >= 0.3 is 12.0 Å². The molecule has 1 atom stereocenters. The van der Waals surface area contributed by atoms with E-state index < -0.39 is 28.0 Å². The normalized spacial score (nSPS) is 16.2. The van der Waals surface area contributed by atoms with E-state index in [-0.39, 0.29) is 18.3 Å². The van der Waals surface area contributed by atoms with Gasteiger partial charge < -0.3 is 14.5 Å². The number of nitrogens with zero attached hydrogens (tertiary/aromatic N) is 3. The molecule has 1 heterocycles. The summed E-state index contributed by atoms with van der Waals surface area (Å²) in [6, 6.07) is 4.03. The number of nitro benzene ring substituents is 1. The van der Waals surface area contributed by atoms with Gasteiger partial charge in [-0.1, -0.05) is 39.0 Å². The fourth-order valence-electron chi connectivity index (χ4n) is 3.61. The highest BCUT2D eigenvalue weighted by molar-refractivity contribution is 5.86. The molecule has 1 aromatic rings. The van der Waals surface area contributed by atoms with Crippen LogP contribution in [-0.2, 0) is 16.1 Å². The lowest BCUT2D eigenvalue weighted by Crippen LogP contribution is -2.52. The minimum Gasteiger partial charge on any atom is -0.458 e. The van der Waals surface area contributed by atoms with Crippen LogP contribution in [0.2, 0.25) is 0 Å². The quantitative estimate of drug-likeness (QED) is 0.421. The molecular formula is C21H31N3O5. The van der Waals surface area contributed by atoms with Gasteiger partial charge in [-0.15, -0.1) is 0 Å². The molecule has 0 N–H and O–H groups in total. The number of carbonyl (C=O) groups excluding carboxylic acids is 2. The maximum absolute atomic E-state index is 13.1. The van der Waals surface area contributed by atoms with Crippen LogP contribution in [0.15, 0.2) is 18.2 Å².